The van der Waals surface area contributed by atoms with E-state index in [-0.39, 0.29) is 5.56 Å². The molecule has 0 radical (unpaired) electrons. The van der Waals surface area contributed by atoms with Gasteiger partial charge in [0.2, 0.25) is 0 Å². The maximum absolute atomic E-state index is 12.6. The van der Waals surface area contributed by atoms with Crippen molar-refractivity contribution in [2.75, 3.05) is 0 Å². The zero-order valence-electron chi connectivity index (χ0n) is 12.4. The van der Waals surface area contributed by atoms with Crippen LogP contribution in [0.1, 0.15) is 27.4 Å². The predicted molar refractivity (Wildman–Crippen MR) is 86.0 cm³/mol. The number of hydrogen-bond acceptors (Lipinski definition) is 5. The molecule has 0 unspecified atom stereocenters. The van der Waals surface area contributed by atoms with Crippen molar-refractivity contribution in [1.82, 2.24) is 0 Å². The van der Waals surface area contributed by atoms with Crippen molar-refractivity contribution in [2.45, 2.75) is 5.92 Å². The number of hydrogen-bond donors (Lipinski definition) is 2. The van der Waals surface area contributed by atoms with Gasteiger partial charge in [0.25, 0.3) is 5.69 Å². The van der Waals surface area contributed by atoms with E-state index in [1.807, 2.05) is 0 Å². The van der Waals surface area contributed by atoms with E-state index in [2.05, 4.69) is 0 Å². The average Bonchev–Trinajstić information content (AvgIpc) is 2.53. The molecular formula is C16H10ClNO7. The Labute approximate surface area is 145 Å². The number of benzene rings is 2. The normalized spacial score (nSPS) is 10.5. The summed E-state index contributed by atoms with van der Waals surface area (Å²) in [5.74, 6) is -6.46. The van der Waals surface area contributed by atoms with Gasteiger partial charge in [-0.05, 0) is 30.3 Å². The van der Waals surface area contributed by atoms with E-state index in [4.69, 9.17) is 21.8 Å². The molecule has 0 atom stereocenters. The average molecular weight is 364 g/mol. The topological polar surface area (TPSA) is 135 Å². The van der Waals surface area contributed by atoms with Crippen LogP contribution in [0.4, 0.5) is 5.69 Å². The molecule has 2 aromatic rings. The molecule has 128 valence electrons. The Morgan fingerprint density at radius 1 is 1.00 bits per heavy atom. The van der Waals surface area contributed by atoms with Gasteiger partial charge in [-0.2, -0.15) is 0 Å². The fourth-order valence-corrected chi connectivity index (χ4v) is 2.44. The van der Waals surface area contributed by atoms with Crippen LogP contribution >= 0.6 is 11.6 Å². The van der Waals surface area contributed by atoms with Gasteiger partial charge < -0.3 is 10.2 Å². The van der Waals surface area contributed by atoms with Crippen molar-refractivity contribution < 1.29 is 29.5 Å². The minimum atomic E-state index is -2.17. The lowest BCUT2D eigenvalue weighted by atomic mass is 9.92. The predicted octanol–water partition coefficient (Wildman–Crippen LogP) is 2.73. The van der Waals surface area contributed by atoms with E-state index >= 15 is 0 Å². The highest BCUT2D eigenvalue weighted by molar-refractivity contribution is 6.30. The summed E-state index contributed by atoms with van der Waals surface area (Å²) in [6, 6.07) is 8.89. The van der Waals surface area contributed by atoms with Gasteiger partial charge in [-0.3, -0.25) is 24.5 Å². The number of carboxylic acids is 2. The molecule has 0 amide bonds. The summed E-state index contributed by atoms with van der Waals surface area (Å²) in [6.45, 7) is 0. The van der Waals surface area contributed by atoms with Gasteiger partial charge in [-0.1, -0.05) is 23.7 Å². The minimum absolute atomic E-state index is 0.0897. The summed E-state index contributed by atoms with van der Waals surface area (Å²) in [7, 11) is 0. The first-order chi connectivity index (χ1) is 11.7. The van der Waals surface area contributed by atoms with Gasteiger partial charge in [-0.15, -0.1) is 0 Å². The van der Waals surface area contributed by atoms with Crippen LogP contribution in [0.2, 0.25) is 5.02 Å². The SMILES string of the molecule is O=C(c1ccc(Cl)cc1)c1cccc(C(C(=O)O)C(=O)O)c1[N+](=O)[O-]. The first-order valence-electron chi connectivity index (χ1n) is 6.77. The first-order valence-corrected chi connectivity index (χ1v) is 7.15. The highest BCUT2D eigenvalue weighted by Gasteiger charge is 2.37. The van der Waals surface area contributed by atoms with Crippen LogP contribution in [0.5, 0.6) is 0 Å². The second kappa shape index (κ2) is 7.10. The minimum Gasteiger partial charge on any atom is -0.480 e. The lowest BCUT2D eigenvalue weighted by Crippen LogP contribution is -2.23. The van der Waals surface area contributed by atoms with Crippen LogP contribution in [0.3, 0.4) is 0 Å². The highest BCUT2D eigenvalue weighted by Crippen LogP contribution is 2.32. The zero-order valence-corrected chi connectivity index (χ0v) is 13.1. The fourth-order valence-electron chi connectivity index (χ4n) is 2.31. The van der Waals surface area contributed by atoms with Crippen molar-refractivity contribution in [1.29, 1.82) is 0 Å². The standard InChI is InChI=1S/C16H10ClNO7/c17-9-6-4-8(5-7-9)14(19)11-3-1-2-10(13(11)18(24)25)12(15(20)21)16(22)23/h1-7,12H,(H,20,21)(H,22,23). The lowest BCUT2D eigenvalue weighted by Gasteiger charge is -2.11. The molecule has 2 aromatic carbocycles. The molecule has 0 fully saturated rings. The molecule has 0 aliphatic rings. The Morgan fingerprint density at radius 2 is 1.56 bits per heavy atom. The van der Waals surface area contributed by atoms with Gasteiger partial charge in [0.15, 0.2) is 11.7 Å². The van der Waals surface area contributed by atoms with Crippen LogP contribution in [0.15, 0.2) is 42.5 Å². The van der Waals surface area contributed by atoms with E-state index in [1.54, 1.807) is 0 Å². The fraction of sp³-hybridized carbons (Fsp3) is 0.0625. The maximum atomic E-state index is 12.6. The van der Waals surface area contributed by atoms with Gasteiger partial charge in [0.05, 0.1) is 10.5 Å². The van der Waals surface area contributed by atoms with Crippen LogP contribution in [0, 0.1) is 10.1 Å². The largest absolute Gasteiger partial charge is 0.480 e. The number of para-hydroxylation sites is 1. The quantitative estimate of drug-likeness (QED) is 0.348. The van der Waals surface area contributed by atoms with Crippen molar-refractivity contribution in [2.24, 2.45) is 0 Å². The van der Waals surface area contributed by atoms with E-state index in [0.717, 1.165) is 12.1 Å². The lowest BCUT2D eigenvalue weighted by molar-refractivity contribution is -0.385. The number of nitrogens with zero attached hydrogens (tertiary/aromatic N) is 1. The Kier molecular flexibility index (Phi) is 5.14. The summed E-state index contributed by atoms with van der Waals surface area (Å²) >= 11 is 5.73. The number of nitro groups is 1. The van der Waals surface area contributed by atoms with Gasteiger partial charge in [-0.25, -0.2) is 0 Å². The van der Waals surface area contributed by atoms with E-state index < -0.39 is 45.4 Å². The number of carbonyl (C=O) groups is 3. The zero-order chi connectivity index (χ0) is 18.7. The molecule has 0 aromatic heterocycles. The van der Waals surface area contributed by atoms with Crippen molar-refractivity contribution in [3.8, 4) is 0 Å². The summed E-state index contributed by atoms with van der Waals surface area (Å²) in [5.41, 5.74) is -1.74. The number of carboxylic acid groups (broad SMARTS) is 2. The van der Waals surface area contributed by atoms with Crippen molar-refractivity contribution in [3.05, 3.63) is 74.3 Å². The molecule has 0 saturated heterocycles. The first kappa shape index (κ1) is 18.1. The van der Waals surface area contributed by atoms with Crippen molar-refractivity contribution in [3.63, 3.8) is 0 Å². The van der Waals surface area contributed by atoms with E-state index in [9.17, 15) is 24.5 Å². The molecule has 0 heterocycles. The number of carbonyl (C=O) groups excluding carboxylic acids is 1. The summed E-state index contributed by atoms with van der Waals surface area (Å²) in [4.78, 5) is 45.4. The van der Waals surface area contributed by atoms with Crippen LogP contribution in [0.25, 0.3) is 0 Å². The van der Waals surface area contributed by atoms with Crippen LogP contribution in [-0.4, -0.2) is 32.9 Å². The number of ketones is 1. The summed E-state index contributed by atoms with van der Waals surface area (Å²) < 4.78 is 0. The molecule has 9 heteroatoms. The molecule has 0 aliphatic heterocycles. The number of nitro benzene ring substituents is 1. The molecular weight excluding hydrogens is 354 g/mol. The molecule has 0 saturated carbocycles. The summed E-state index contributed by atoms with van der Waals surface area (Å²) in [5, 5.41) is 29.9. The Hall–Kier alpha value is -3.26. The van der Waals surface area contributed by atoms with Crippen molar-refractivity contribution >= 4 is 35.0 Å². The Balaban J connectivity index is 2.67. The third kappa shape index (κ3) is 3.64. The molecule has 25 heavy (non-hydrogen) atoms. The van der Waals surface area contributed by atoms with E-state index in [0.29, 0.717) is 5.02 Å². The smallest absolute Gasteiger partial charge is 0.322 e. The Bertz CT molecular complexity index is 863. The molecule has 2 rings (SSSR count). The Morgan fingerprint density at radius 3 is 2.04 bits per heavy atom. The maximum Gasteiger partial charge on any atom is 0.322 e. The van der Waals surface area contributed by atoms with Crippen LogP contribution in [-0.2, 0) is 9.59 Å². The molecule has 0 aliphatic carbocycles. The molecule has 0 bridgehead atoms. The summed E-state index contributed by atoms with van der Waals surface area (Å²) in [6.07, 6.45) is 0. The molecule has 2 N–H and O–H groups in total. The number of aliphatic carboxylic acids is 2. The van der Waals surface area contributed by atoms with Gasteiger partial charge >= 0.3 is 11.9 Å². The third-order valence-corrected chi connectivity index (χ3v) is 3.66. The number of rotatable bonds is 6. The second-order valence-electron chi connectivity index (χ2n) is 4.95. The monoisotopic (exact) mass is 363 g/mol. The molecule has 0 spiro atoms. The number of halogens is 1. The highest BCUT2D eigenvalue weighted by atomic mass is 35.5. The van der Waals surface area contributed by atoms with Gasteiger partial charge in [0, 0.05) is 10.6 Å². The van der Waals surface area contributed by atoms with Crippen LogP contribution < -0.4 is 0 Å². The van der Waals surface area contributed by atoms with E-state index in [1.165, 1.54) is 30.3 Å². The third-order valence-electron chi connectivity index (χ3n) is 3.41. The van der Waals surface area contributed by atoms with Gasteiger partial charge in [0.1, 0.15) is 5.56 Å². The molecule has 8 nitrogen and oxygen atoms in total. The second-order valence-corrected chi connectivity index (χ2v) is 5.38.